The number of hydrogen-bond acceptors (Lipinski definition) is 0. The molecule has 0 aliphatic heterocycles. The van der Waals surface area contributed by atoms with Crippen LogP contribution in [0.25, 0.3) is 18.5 Å². The van der Waals surface area contributed by atoms with Gasteiger partial charge in [0, 0.05) is 0 Å². The Morgan fingerprint density at radius 1 is 0.765 bits per heavy atom. The van der Waals surface area contributed by atoms with E-state index in [1.54, 1.807) is 0 Å². The molecule has 11 heteroatoms. The van der Waals surface area contributed by atoms with Crippen LogP contribution in [0.15, 0.2) is 0 Å². The fourth-order valence-electron chi connectivity index (χ4n) is 0.485. The summed E-state index contributed by atoms with van der Waals surface area (Å²) >= 11 is -4.35. The summed E-state index contributed by atoms with van der Waals surface area (Å²) in [6.07, 6.45) is 1.59. The van der Waals surface area contributed by atoms with Gasteiger partial charge in [-0.1, -0.05) is 0 Å². The average molecular weight is 585 g/mol. The Morgan fingerprint density at radius 2 is 1.06 bits per heavy atom. The predicted octanol–water partition coefficient (Wildman–Crippen LogP) is 4.53. The van der Waals surface area contributed by atoms with E-state index < -0.39 is 35.6 Å². The molecule has 0 saturated heterocycles. The molecule has 0 spiro atoms. The summed E-state index contributed by atoms with van der Waals surface area (Å²) in [7, 11) is 21.8. The molecule has 0 aromatic carbocycles. The summed E-state index contributed by atoms with van der Waals surface area (Å²) in [4.78, 5) is 0. The summed E-state index contributed by atoms with van der Waals surface area (Å²) in [5, 5.41) is 0. The molecule has 0 aliphatic rings. The van der Waals surface area contributed by atoms with E-state index in [-0.39, 0.29) is 17.1 Å². The van der Waals surface area contributed by atoms with Crippen molar-refractivity contribution in [1.82, 2.24) is 0 Å². The topological polar surface area (TPSA) is 75.8 Å². The van der Waals surface area contributed by atoms with Gasteiger partial charge in [0.1, 0.15) is 0 Å². The Kier molecular flexibility index (Phi) is 31.6. The first-order valence-corrected chi connectivity index (χ1v) is 21.6. The molecule has 2 N–H and O–H groups in total. The van der Waals surface area contributed by atoms with Crippen LogP contribution in [0.3, 0.4) is 0 Å². The maximum atomic E-state index is 6.72. The zero-order valence-electron chi connectivity index (χ0n) is 8.95. The van der Waals surface area contributed by atoms with Crippen molar-refractivity contribution < 1.29 is 17.1 Å². The average Bonchev–Trinajstić information content (AvgIpc) is 2.18. The monoisotopic (exact) mass is 585 g/mol. The first-order valence-electron chi connectivity index (χ1n) is 4.54. The number of nitrogens with one attached hydrogen (secondary N) is 2. The molecule has 0 unspecified atom stereocenters. The first-order chi connectivity index (χ1) is 7.54. The van der Waals surface area contributed by atoms with E-state index in [1.165, 1.54) is 0 Å². The van der Waals surface area contributed by atoms with E-state index in [4.69, 9.17) is 47.2 Å². The molecular formula is C6H14Cl4CuN4Sn2. The second-order valence-corrected chi connectivity index (χ2v) is 19.2. The van der Waals surface area contributed by atoms with Crippen LogP contribution in [-0.4, -0.2) is 61.7 Å². The Balaban J connectivity index is -0.000000218. The van der Waals surface area contributed by atoms with Gasteiger partial charge >= 0.3 is 146 Å². The van der Waals surface area contributed by atoms with Crippen molar-refractivity contribution >= 4 is 71.2 Å². The molecule has 0 atom stereocenters. The Morgan fingerprint density at radius 3 is 1.24 bits per heavy atom. The Labute approximate surface area is 144 Å². The molecule has 105 valence electrons. The van der Waals surface area contributed by atoms with E-state index in [2.05, 4.69) is 7.08 Å². The first kappa shape index (κ1) is 25.1. The minimum absolute atomic E-state index is 0. The van der Waals surface area contributed by atoms with Crippen molar-refractivity contribution in [3.63, 3.8) is 0 Å². The van der Waals surface area contributed by atoms with Crippen LogP contribution in [0.5, 0.6) is 0 Å². The number of nitrogens with zero attached hydrogens (tertiary/aromatic N) is 2. The molecule has 0 aromatic heterocycles. The summed E-state index contributed by atoms with van der Waals surface area (Å²) in [6.45, 7) is 2.22. The van der Waals surface area contributed by atoms with Crippen molar-refractivity contribution in [3.05, 3.63) is 18.5 Å². The third-order valence-electron chi connectivity index (χ3n) is 1.13. The molecule has 0 rings (SSSR count). The van der Waals surface area contributed by atoms with E-state index >= 15 is 0 Å². The molecule has 17 heavy (non-hydrogen) atoms. The Hall–Kier alpha value is 3.12. The molecule has 0 aromatic rings. The molecule has 0 amide bonds. The molecule has 0 saturated carbocycles. The van der Waals surface area contributed by atoms with E-state index in [0.717, 1.165) is 12.8 Å². The quantitative estimate of drug-likeness (QED) is 0.297. The van der Waals surface area contributed by atoms with Gasteiger partial charge in [-0.3, -0.25) is 0 Å². The minimum atomic E-state index is -2.18. The normalized spacial score (nSPS) is 8.82. The summed E-state index contributed by atoms with van der Waals surface area (Å²) in [5.74, 6) is 0. The zero-order chi connectivity index (χ0) is 12.8. The molecule has 0 heterocycles. The van der Waals surface area contributed by atoms with Crippen LogP contribution >= 0.6 is 35.7 Å². The second kappa shape index (κ2) is 21.4. The molecule has 1 radical (unpaired) electrons. The molecule has 4 nitrogen and oxygen atoms in total. The van der Waals surface area contributed by atoms with Gasteiger partial charge < -0.3 is 0 Å². The third kappa shape index (κ3) is 32.6. The van der Waals surface area contributed by atoms with Crippen LogP contribution in [0.4, 0.5) is 0 Å². The van der Waals surface area contributed by atoms with Crippen molar-refractivity contribution in [2.45, 2.75) is 12.8 Å². The van der Waals surface area contributed by atoms with Gasteiger partial charge in [0.15, 0.2) is 0 Å². The summed E-state index contributed by atoms with van der Waals surface area (Å²) < 4.78 is 7.84. The van der Waals surface area contributed by atoms with E-state index in [9.17, 15) is 0 Å². The van der Waals surface area contributed by atoms with Gasteiger partial charge in [0.05, 0.1) is 0 Å². The van der Waals surface area contributed by atoms with E-state index in [0.29, 0.717) is 26.2 Å². The van der Waals surface area contributed by atoms with Crippen molar-refractivity contribution in [2.75, 3.05) is 26.2 Å². The van der Waals surface area contributed by atoms with Gasteiger partial charge in [-0.05, 0) is 0 Å². The fourth-order valence-corrected chi connectivity index (χ4v) is 4.62. The molecule has 0 bridgehead atoms. The summed E-state index contributed by atoms with van der Waals surface area (Å²) in [5.41, 5.74) is 13.4. The van der Waals surface area contributed by atoms with Gasteiger partial charge in [-0.25, -0.2) is 0 Å². The van der Waals surface area contributed by atoms with Crippen molar-refractivity contribution in [3.8, 4) is 0 Å². The van der Waals surface area contributed by atoms with Gasteiger partial charge in [-0.2, -0.15) is 0 Å². The molecular weight excluding hydrogens is 571 g/mol. The van der Waals surface area contributed by atoms with Gasteiger partial charge in [-0.15, -0.1) is 0 Å². The van der Waals surface area contributed by atoms with E-state index in [1.807, 2.05) is 0 Å². The molecule has 0 fully saturated rings. The van der Waals surface area contributed by atoms with Crippen LogP contribution in [-0.2, 0) is 17.1 Å². The number of hydrogen-bond donors (Lipinski definition) is 0. The van der Waals surface area contributed by atoms with Crippen molar-refractivity contribution in [2.24, 2.45) is 0 Å². The van der Waals surface area contributed by atoms with Crippen LogP contribution in [0, 0.1) is 0 Å². The second-order valence-electron chi connectivity index (χ2n) is 2.45. The van der Waals surface area contributed by atoms with Crippen LogP contribution < -0.4 is 0 Å². The van der Waals surface area contributed by atoms with Crippen molar-refractivity contribution in [1.29, 1.82) is 0 Å². The number of rotatable bonds is 8. The predicted molar refractivity (Wildman–Crippen MR) is 79.0 cm³/mol. The van der Waals surface area contributed by atoms with Crippen LogP contribution in [0.2, 0.25) is 0 Å². The fraction of sp³-hybridized carbons (Fsp3) is 1.00. The summed E-state index contributed by atoms with van der Waals surface area (Å²) in [6, 6.07) is 0. The molecule has 0 aliphatic carbocycles. The SMILES string of the molecule is [Cu+2].[NH-]CCC[N-][Sn+]([Cl])[Cl].[NH-]CCC[N-][Sn+]([Cl])[Cl]. The third-order valence-corrected chi connectivity index (χ3v) is 6.98. The van der Waals surface area contributed by atoms with Gasteiger partial charge in [0.2, 0.25) is 0 Å². The Bertz CT molecular complexity index is 125. The maximum absolute atomic E-state index is 6.72. The standard InChI is InChI=1S/2C3H7N2.4ClH.Cu.2Sn/c2*4-2-1-3-5;;;;;;;/h2*4H,1-3H2;4*1H;;;/q2*-2;;;;;+2;2*+3/p-4. The number of halogens is 4. The zero-order valence-corrected chi connectivity index (χ0v) is 18.6. The van der Waals surface area contributed by atoms with Crippen LogP contribution in [0.1, 0.15) is 12.8 Å². The van der Waals surface area contributed by atoms with Gasteiger partial charge in [0.25, 0.3) is 0 Å².